The molecule has 3 aromatic carbocycles. The maximum atomic E-state index is 12.7. The van der Waals surface area contributed by atoms with Gasteiger partial charge in [0.15, 0.2) is 6.04 Å². The van der Waals surface area contributed by atoms with E-state index in [1.54, 1.807) is 18.2 Å². The van der Waals surface area contributed by atoms with Gasteiger partial charge in [-0.15, -0.1) is 0 Å². The number of carbonyl (C=O) groups excluding carboxylic acids is 1. The molecule has 0 aliphatic carbocycles. The van der Waals surface area contributed by atoms with Crippen LogP contribution in [-0.4, -0.2) is 11.9 Å². The largest absolute Gasteiger partial charge is 0.326 e. The Bertz CT molecular complexity index is 893. The van der Waals surface area contributed by atoms with Crippen LogP contribution < -0.4 is 10.6 Å². The SMILES string of the molecule is C[C@@H]([NH2+]C(c1ccccc1)c1ccccc1)C(=O)Nc1ccccc1C#N. The summed E-state index contributed by atoms with van der Waals surface area (Å²) < 4.78 is 0. The van der Waals surface area contributed by atoms with Crippen LogP contribution in [0.3, 0.4) is 0 Å². The third-order valence-corrected chi connectivity index (χ3v) is 4.52. The predicted octanol–water partition coefficient (Wildman–Crippen LogP) is 3.24. The van der Waals surface area contributed by atoms with E-state index in [-0.39, 0.29) is 18.0 Å². The summed E-state index contributed by atoms with van der Waals surface area (Å²) in [6.07, 6.45) is 0. The zero-order valence-corrected chi connectivity index (χ0v) is 15.2. The van der Waals surface area contributed by atoms with Crippen LogP contribution in [0.1, 0.15) is 29.7 Å². The van der Waals surface area contributed by atoms with Crippen molar-refractivity contribution >= 4 is 11.6 Å². The van der Waals surface area contributed by atoms with Gasteiger partial charge in [-0.2, -0.15) is 5.26 Å². The Kier molecular flexibility index (Phi) is 5.98. The molecular weight excluding hydrogens is 334 g/mol. The van der Waals surface area contributed by atoms with Gasteiger partial charge in [0.1, 0.15) is 12.1 Å². The van der Waals surface area contributed by atoms with Gasteiger partial charge in [-0.3, -0.25) is 4.79 Å². The summed E-state index contributed by atoms with van der Waals surface area (Å²) in [7, 11) is 0. The number of benzene rings is 3. The van der Waals surface area contributed by atoms with E-state index >= 15 is 0 Å². The molecule has 0 fully saturated rings. The van der Waals surface area contributed by atoms with Gasteiger partial charge in [0, 0.05) is 11.1 Å². The summed E-state index contributed by atoms with van der Waals surface area (Å²) >= 11 is 0. The molecule has 134 valence electrons. The number of nitrogens with zero attached hydrogens (tertiary/aromatic N) is 1. The third-order valence-electron chi connectivity index (χ3n) is 4.52. The smallest absolute Gasteiger partial charge is 0.282 e. The number of anilines is 1. The van der Waals surface area contributed by atoms with Crippen LogP contribution in [-0.2, 0) is 4.79 Å². The minimum absolute atomic E-state index is 0.0133. The molecule has 1 atom stereocenters. The van der Waals surface area contributed by atoms with Crippen molar-refractivity contribution in [1.82, 2.24) is 0 Å². The number of nitrogens with one attached hydrogen (secondary N) is 1. The van der Waals surface area contributed by atoms with Crippen molar-refractivity contribution in [1.29, 1.82) is 5.26 Å². The topological polar surface area (TPSA) is 69.5 Å². The zero-order chi connectivity index (χ0) is 19.1. The Morgan fingerprint density at radius 3 is 1.96 bits per heavy atom. The van der Waals surface area contributed by atoms with Crippen molar-refractivity contribution in [2.75, 3.05) is 5.32 Å². The van der Waals surface area contributed by atoms with E-state index in [1.165, 1.54) is 0 Å². The number of rotatable bonds is 6. The Balaban J connectivity index is 1.79. The van der Waals surface area contributed by atoms with Crippen molar-refractivity contribution in [2.45, 2.75) is 19.0 Å². The summed E-state index contributed by atoms with van der Waals surface area (Å²) in [5, 5.41) is 14.1. The van der Waals surface area contributed by atoms with Crippen LogP contribution >= 0.6 is 0 Å². The second-order valence-corrected chi connectivity index (χ2v) is 6.43. The van der Waals surface area contributed by atoms with Gasteiger partial charge in [0.2, 0.25) is 0 Å². The van der Waals surface area contributed by atoms with Crippen LogP contribution in [0.25, 0.3) is 0 Å². The van der Waals surface area contributed by atoms with Crippen LogP contribution in [0, 0.1) is 11.3 Å². The lowest BCUT2D eigenvalue weighted by Crippen LogP contribution is -2.92. The van der Waals surface area contributed by atoms with E-state index in [0.29, 0.717) is 11.3 Å². The van der Waals surface area contributed by atoms with E-state index < -0.39 is 0 Å². The fraction of sp³-hybridized carbons (Fsp3) is 0.130. The molecule has 3 N–H and O–H groups in total. The second kappa shape index (κ2) is 8.79. The van der Waals surface area contributed by atoms with Crippen molar-refractivity contribution < 1.29 is 10.1 Å². The van der Waals surface area contributed by atoms with Crippen molar-refractivity contribution in [3.8, 4) is 6.07 Å². The molecule has 4 heteroatoms. The highest BCUT2D eigenvalue weighted by Gasteiger charge is 2.25. The maximum Gasteiger partial charge on any atom is 0.282 e. The molecule has 4 nitrogen and oxygen atoms in total. The van der Waals surface area contributed by atoms with Gasteiger partial charge in [-0.05, 0) is 19.1 Å². The molecule has 0 unspecified atom stereocenters. The van der Waals surface area contributed by atoms with E-state index in [2.05, 4.69) is 41.0 Å². The van der Waals surface area contributed by atoms with Crippen molar-refractivity contribution in [3.05, 3.63) is 102 Å². The van der Waals surface area contributed by atoms with Gasteiger partial charge < -0.3 is 10.6 Å². The number of quaternary nitrogens is 1. The zero-order valence-electron chi connectivity index (χ0n) is 15.2. The molecule has 0 aromatic heterocycles. The Morgan fingerprint density at radius 2 is 1.41 bits per heavy atom. The lowest BCUT2D eigenvalue weighted by molar-refractivity contribution is -0.704. The summed E-state index contributed by atoms with van der Waals surface area (Å²) in [4.78, 5) is 12.7. The second-order valence-electron chi connectivity index (χ2n) is 6.43. The third kappa shape index (κ3) is 4.60. The lowest BCUT2D eigenvalue weighted by Gasteiger charge is -2.21. The van der Waals surface area contributed by atoms with Gasteiger partial charge in [-0.25, -0.2) is 0 Å². The quantitative estimate of drug-likeness (QED) is 0.712. The summed E-state index contributed by atoms with van der Waals surface area (Å²) in [5.74, 6) is -0.130. The van der Waals surface area contributed by atoms with Crippen molar-refractivity contribution in [3.63, 3.8) is 0 Å². The number of para-hydroxylation sites is 1. The van der Waals surface area contributed by atoms with Crippen LogP contribution in [0.5, 0.6) is 0 Å². The van der Waals surface area contributed by atoms with E-state index in [9.17, 15) is 10.1 Å². The fourth-order valence-corrected chi connectivity index (χ4v) is 3.05. The highest BCUT2D eigenvalue weighted by atomic mass is 16.2. The molecule has 0 bridgehead atoms. The normalized spacial score (nSPS) is 11.6. The van der Waals surface area contributed by atoms with Gasteiger partial charge in [0.05, 0.1) is 11.3 Å². The molecule has 3 aromatic rings. The number of nitriles is 1. The van der Waals surface area contributed by atoms with Crippen molar-refractivity contribution in [2.24, 2.45) is 0 Å². The fourth-order valence-electron chi connectivity index (χ4n) is 3.05. The van der Waals surface area contributed by atoms with Crippen LogP contribution in [0.15, 0.2) is 84.9 Å². The molecule has 0 spiro atoms. The monoisotopic (exact) mass is 356 g/mol. The predicted molar refractivity (Wildman–Crippen MR) is 106 cm³/mol. The number of carbonyl (C=O) groups is 1. The van der Waals surface area contributed by atoms with E-state index in [1.807, 2.05) is 49.4 Å². The molecule has 0 saturated carbocycles. The van der Waals surface area contributed by atoms with Gasteiger partial charge in [0.25, 0.3) is 5.91 Å². The Morgan fingerprint density at radius 1 is 0.889 bits per heavy atom. The molecule has 0 aliphatic rings. The van der Waals surface area contributed by atoms with Crippen LogP contribution in [0.4, 0.5) is 5.69 Å². The number of amides is 1. The number of nitrogens with two attached hydrogens (primary N) is 1. The molecule has 27 heavy (non-hydrogen) atoms. The minimum atomic E-state index is -0.331. The standard InChI is InChI=1S/C23H21N3O/c1-17(23(27)26-21-15-9-8-14-20(21)16-24)25-22(18-10-4-2-5-11-18)19-12-6-3-7-13-19/h2-15,17,22,25H,1H3,(H,26,27)/p+1/t17-/m1/s1. The van der Waals surface area contributed by atoms with E-state index in [4.69, 9.17) is 0 Å². The Hall–Kier alpha value is -3.42. The highest BCUT2D eigenvalue weighted by Crippen LogP contribution is 2.18. The molecule has 0 heterocycles. The van der Waals surface area contributed by atoms with Crippen LogP contribution in [0.2, 0.25) is 0 Å². The number of hydrogen-bond donors (Lipinski definition) is 2. The first-order valence-corrected chi connectivity index (χ1v) is 8.94. The minimum Gasteiger partial charge on any atom is -0.326 e. The first kappa shape index (κ1) is 18.4. The first-order valence-electron chi connectivity index (χ1n) is 8.94. The molecule has 0 aliphatic heterocycles. The molecule has 3 rings (SSSR count). The average Bonchev–Trinajstić information content (AvgIpc) is 2.73. The molecular formula is C23H22N3O+. The summed E-state index contributed by atoms with van der Waals surface area (Å²) in [6.45, 7) is 1.88. The summed E-state index contributed by atoms with van der Waals surface area (Å²) in [6, 6.07) is 29.1. The highest BCUT2D eigenvalue weighted by molar-refractivity contribution is 5.94. The first-order chi connectivity index (χ1) is 13.2. The lowest BCUT2D eigenvalue weighted by atomic mass is 9.98. The average molecular weight is 356 g/mol. The Labute approximate surface area is 159 Å². The molecule has 0 radical (unpaired) electrons. The molecule has 0 saturated heterocycles. The summed E-state index contributed by atoms with van der Waals surface area (Å²) in [5.41, 5.74) is 3.28. The maximum absolute atomic E-state index is 12.7. The molecule has 1 amide bonds. The van der Waals surface area contributed by atoms with E-state index in [0.717, 1.165) is 11.1 Å². The van der Waals surface area contributed by atoms with Gasteiger partial charge >= 0.3 is 0 Å². The van der Waals surface area contributed by atoms with Gasteiger partial charge in [-0.1, -0.05) is 72.8 Å². The number of hydrogen-bond acceptors (Lipinski definition) is 2.